The number of hydrogen-bond donors (Lipinski definition) is 0. The molecule has 0 saturated carbocycles. The fraction of sp³-hybridized carbons (Fsp3) is 0.571. The van der Waals surface area contributed by atoms with Gasteiger partial charge < -0.3 is 4.90 Å². The Hall–Kier alpha value is -0.210. The number of halogens is 2. The molecule has 1 aromatic carbocycles. The Morgan fingerprint density at radius 2 is 1.94 bits per heavy atom. The SMILES string of the molecule is CC(N(C)c1ccc(CCl)cc1Br)C(C)(C)C. The summed E-state index contributed by atoms with van der Waals surface area (Å²) in [5, 5.41) is 0. The number of hydrogen-bond acceptors (Lipinski definition) is 1. The molecule has 3 heteroatoms. The Balaban J connectivity index is 3.01. The fourth-order valence-electron chi connectivity index (χ4n) is 1.71. The fourth-order valence-corrected chi connectivity index (χ4v) is 2.58. The van der Waals surface area contributed by atoms with Gasteiger partial charge in [-0.3, -0.25) is 0 Å². The van der Waals surface area contributed by atoms with Gasteiger partial charge in [-0.15, -0.1) is 11.6 Å². The first kappa shape index (κ1) is 14.8. The molecular weight excluding hydrogens is 298 g/mol. The Kier molecular flexibility index (Phi) is 4.91. The third-order valence-corrected chi connectivity index (χ3v) is 4.32. The van der Waals surface area contributed by atoms with Crippen molar-refractivity contribution in [2.75, 3.05) is 11.9 Å². The van der Waals surface area contributed by atoms with E-state index in [0.717, 1.165) is 10.0 Å². The third-order valence-electron chi connectivity index (χ3n) is 3.38. The van der Waals surface area contributed by atoms with Gasteiger partial charge in [0.15, 0.2) is 0 Å². The van der Waals surface area contributed by atoms with Gasteiger partial charge in [0, 0.05) is 23.4 Å². The summed E-state index contributed by atoms with van der Waals surface area (Å²) in [6.45, 7) is 9.03. The lowest BCUT2D eigenvalue weighted by Gasteiger charge is -2.37. The normalized spacial score (nSPS) is 13.6. The number of benzene rings is 1. The van der Waals surface area contributed by atoms with Gasteiger partial charge in [-0.1, -0.05) is 26.8 Å². The van der Waals surface area contributed by atoms with Crippen molar-refractivity contribution < 1.29 is 0 Å². The average Bonchev–Trinajstić information content (AvgIpc) is 2.25. The standard InChI is InChI=1S/C14H21BrClN/c1-10(14(2,3)4)17(5)13-7-6-11(9-16)8-12(13)15/h6-8,10H,9H2,1-5H3. The molecule has 0 saturated heterocycles. The van der Waals surface area contributed by atoms with Crippen LogP contribution in [0.1, 0.15) is 33.3 Å². The Morgan fingerprint density at radius 1 is 1.35 bits per heavy atom. The van der Waals surface area contributed by atoms with Gasteiger partial charge in [-0.05, 0) is 46.0 Å². The average molecular weight is 319 g/mol. The van der Waals surface area contributed by atoms with Crippen LogP contribution in [0.3, 0.4) is 0 Å². The Labute approximate surface area is 118 Å². The van der Waals surface area contributed by atoms with Gasteiger partial charge >= 0.3 is 0 Å². The van der Waals surface area contributed by atoms with Gasteiger partial charge in [0.25, 0.3) is 0 Å². The second kappa shape index (κ2) is 5.62. The molecule has 1 rings (SSSR count). The number of alkyl halides is 1. The van der Waals surface area contributed by atoms with E-state index >= 15 is 0 Å². The predicted octanol–water partition coefficient (Wildman–Crippen LogP) is 5.06. The smallest absolute Gasteiger partial charge is 0.0510 e. The van der Waals surface area contributed by atoms with Crippen molar-refractivity contribution in [3.63, 3.8) is 0 Å². The van der Waals surface area contributed by atoms with E-state index < -0.39 is 0 Å². The van der Waals surface area contributed by atoms with Crippen LogP contribution in [0.4, 0.5) is 5.69 Å². The summed E-state index contributed by atoms with van der Waals surface area (Å²) in [6, 6.07) is 6.76. The van der Waals surface area contributed by atoms with Crippen molar-refractivity contribution in [1.29, 1.82) is 0 Å². The summed E-state index contributed by atoms with van der Waals surface area (Å²) >= 11 is 9.45. The van der Waals surface area contributed by atoms with E-state index in [4.69, 9.17) is 11.6 Å². The minimum absolute atomic E-state index is 0.249. The molecule has 0 radical (unpaired) electrons. The molecule has 0 aromatic heterocycles. The van der Waals surface area contributed by atoms with E-state index in [1.807, 2.05) is 0 Å². The van der Waals surface area contributed by atoms with Crippen LogP contribution in [0.5, 0.6) is 0 Å². The molecule has 96 valence electrons. The molecule has 0 aliphatic heterocycles. The monoisotopic (exact) mass is 317 g/mol. The molecule has 0 spiro atoms. The van der Waals surface area contributed by atoms with Crippen LogP contribution in [0, 0.1) is 5.41 Å². The van der Waals surface area contributed by atoms with Crippen LogP contribution in [-0.2, 0) is 5.88 Å². The summed E-state index contributed by atoms with van der Waals surface area (Å²) in [7, 11) is 2.14. The summed E-state index contributed by atoms with van der Waals surface area (Å²) in [4.78, 5) is 2.31. The largest absolute Gasteiger partial charge is 0.370 e. The molecule has 0 bridgehead atoms. The summed E-state index contributed by atoms with van der Waals surface area (Å²) < 4.78 is 1.11. The predicted molar refractivity (Wildman–Crippen MR) is 81.0 cm³/mol. The van der Waals surface area contributed by atoms with Crippen LogP contribution >= 0.6 is 27.5 Å². The molecule has 1 nitrogen and oxygen atoms in total. The van der Waals surface area contributed by atoms with Crippen LogP contribution in [0.15, 0.2) is 22.7 Å². The minimum Gasteiger partial charge on any atom is -0.370 e. The van der Waals surface area contributed by atoms with Crippen LogP contribution < -0.4 is 4.90 Å². The zero-order chi connectivity index (χ0) is 13.2. The van der Waals surface area contributed by atoms with Crippen molar-refractivity contribution in [3.8, 4) is 0 Å². The maximum Gasteiger partial charge on any atom is 0.0510 e. The topological polar surface area (TPSA) is 3.24 Å². The maximum atomic E-state index is 5.83. The lowest BCUT2D eigenvalue weighted by atomic mass is 9.87. The van der Waals surface area contributed by atoms with Gasteiger partial charge in [-0.2, -0.15) is 0 Å². The minimum atomic E-state index is 0.249. The molecule has 0 amide bonds. The molecule has 17 heavy (non-hydrogen) atoms. The number of rotatable bonds is 3. The molecule has 0 fully saturated rings. The van der Waals surface area contributed by atoms with Gasteiger partial charge in [0.1, 0.15) is 0 Å². The van der Waals surface area contributed by atoms with E-state index in [0.29, 0.717) is 11.9 Å². The first-order valence-electron chi connectivity index (χ1n) is 5.84. The highest BCUT2D eigenvalue weighted by molar-refractivity contribution is 9.10. The lowest BCUT2D eigenvalue weighted by Crippen LogP contribution is -2.39. The van der Waals surface area contributed by atoms with Gasteiger partial charge in [0.2, 0.25) is 0 Å². The zero-order valence-corrected chi connectivity index (χ0v) is 13.6. The van der Waals surface area contributed by atoms with E-state index in [2.05, 4.69) is 73.8 Å². The van der Waals surface area contributed by atoms with Crippen molar-refractivity contribution in [3.05, 3.63) is 28.2 Å². The van der Waals surface area contributed by atoms with E-state index in [1.165, 1.54) is 5.69 Å². The van der Waals surface area contributed by atoms with Crippen molar-refractivity contribution in [1.82, 2.24) is 0 Å². The highest BCUT2D eigenvalue weighted by Crippen LogP contribution is 2.32. The highest BCUT2D eigenvalue weighted by atomic mass is 79.9. The molecule has 1 aromatic rings. The second-order valence-corrected chi connectivity index (χ2v) is 6.69. The molecular formula is C14H21BrClN. The van der Waals surface area contributed by atoms with Gasteiger partial charge in [0.05, 0.1) is 5.69 Å². The van der Waals surface area contributed by atoms with Crippen molar-refractivity contribution >= 4 is 33.2 Å². The summed E-state index contributed by atoms with van der Waals surface area (Å²) in [6.07, 6.45) is 0. The Bertz CT molecular complexity index is 384. The highest BCUT2D eigenvalue weighted by Gasteiger charge is 2.25. The summed E-state index contributed by atoms with van der Waals surface area (Å²) in [5.74, 6) is 0.553. The molecule has 0 heterocycles. The quantitative estimate of drug-likeness (QED) is 0.704. The van der Waals surface area contributed by atoms with E-state index in [-0.39, 0.29) is 5.41 Å². The Morgan fingerprint density at radius 3 is 2.35 bits per heavy atom. The van der Waals surface area contributed by atoms with Crippen molar-refractivity contribution in [2.45, 2.75) is 39.6 Å². The second-order valence-electron chi connectivity index (χ2n) is 5.57. The lowest BCUT2D eigenvalue weighted by molar-refractivity contribution is 0.329. The number of anilines is 1. The van der Waals surface area contributed by atoms with E-state index in [1.54, 1.807) is 0 Å². The first-order chi connectivity index (χ1) is 7.77. The molecule has 0 aliphatic carbocycles. The summed E-state index contributed by atoms with van der Waals surface area (Å²) in [5.41, 5.74) is 2.60. The van der Waals surface area contributed by atoms with E-state index in [9.17, 15) is 0 Å². The first-order valence-corrected chi connectivity index (χ1v) is 7.17. The molecule has 1 unspecified atom stereocenters. The van der Waals surface area contributed by atoms with Crippen LogP contribution in [0.25, 0.3) is 0 Å². The van der Waals surface area contributed by atoms with Crippen molar-refractivity contribution in [2.24, 2.45) is 5.41 Å². The van der Waals surface area contributed by atoms with Gasteiger partial charge in [-0.25, -0.2) is 0 Å². The van der Waals surface area contributed by atoms with Crippen LogP contribution in [-0.4, -0.2) is 13.1 Å². The maximum absolute atomic E-state index is 5.83. The third kappa shape index (κ3) is 3.62. The number of nitrogens with zero attached hydrogens (tertiary/aromatic N) is 1. The van der Waals surface area contributed by atoms with Crippen LogP contribution in [0.2, 0.25) is 0 Å². The zero-order valence-electron chi connectivity index (χ0n) is 11.2. The molecule has 1 atom stereocenters. The molecule has 0 aliphatic rings. The molecule has 0 N–H and O–H groups in total.